The van der Waals surface area contributed by atoms with E-state index in [1.165, 1.54) is 57.8 Å². The average molecular weight is 528 g/mol. The van der Waals surface area contributed by atoms with E-state index in [9.17, 15) is 9.59 Å². The van der Waals surface area contributed by atoms with Gasteiger partial charge in [0.05, 0.1) is 6.61 Å². The van der Waals surface area contributed by atoms with Crippen molar-refractivity contribution in [3.8, 4) is 0 Å². The first-order valence-corrected chi connectivity index (χ1v) is 15.7. The molecule has 0 aliphatic carbocycles. The zero-order chi connectivity index (χ0) is 29.6. The molecule has 0 aliphatic heterocycles. The van der Waals surface area contributed by atoms with Crippen LogP contribution >= 0.6 is 0 Å². The molecule has 1 N–H and O–H groups in total. The number of allylic oxidation sites excluding steroid dienone is 4. The van der Waals surface area contributed by atoms with Crippen molar-refractivity contribution in [2.75, 3.05) is 19.7 Å². The maximum atomic E-state index is 11.1. The minimum absolute atomic E-state index is 0.0613. The number of Topliss-reactive ketones (excluding diaryl/α,β-unsaturated/α-hetero) is 1. The van der Waals surface area contributed by atoms with Crippen LogP contribution in [-0.4, -0.2) is 41.4 Å². The van der Waals surface area contributed by atoms with Crippen molar-refractivity contribution in [3.05, 3.63) is 24.3 Å². The summed E-state index contributed by atoms with van der Waals surface area (Å²) in [7, 11) is 0. The van der Waals surface area contributed by atoms with Gasteiger partial charge in [0.2, 0.25) is 5.91 Å². The Labute approximate surface area is 234 Å². The summed E-state index contributed by atoms with van der Waals surface area (Å²) < 4.78 is 0. The zero-order valence-corrected chi connectivity index (χ0v) is 27.0. The van der Waals surface area contributed by atoms with E-state index in [1.807, 2.05) is 55.4 Å². The molecule has 0 heterocycles. The fraction of sp³-hybridized carbons (Fsp3) is 0.818. The summed E-state index contributed by atoms with van der Waals surface area (Å²) in [5.41, 5.74) is 0. The number of unbranched alkanes of at least 4 members (excludes halogenated alkanes) is 8. The highest BCUT2D eigenvalue weighted by Gasteiger charge is 2.08. The fourth-order valence-corrected chi connectivity index (χ4v) is 3.16. The van der Waals surface area contributed by atoms with Crippen molar-refractivity contribution < 1.29 is 14.7 Å². The molecular weight excluding hydrogens is 458 g/mol. The number of hydrogen-bond donors (Lipinski definition) is 1. The highest BCUT2D eigenvalue weighted by molar-refractivity contribution is 5.75. The van der Waals surface area contributed by atoms with E-state index >= 15 is 0 Å². The number of ketones is 1. The molecule has 0 aromatic heterocycles. The van der Waals surface area contributed by atoms with E-state index in [0.717, 1.165) is 32.2 Å². The molecule has 0 unspecified atom stereocenters. The second kappa shape index (κ2) is 47.7. The molecule has 37 heavy (non-hydrogen) atoms. The van der Waals surface area contributed by atoms with E-state index < -0.39 is 0 Å². The predicted octanol–water partition coefficient (Wildman–Crippen LogP) is 10.1. The third-order valence-corrected chi connectivity index (χ3v) is 5.00. The van der Waals surface area contributed by atoms with Crippen LogP contribution in [0.1, 0.15) is 159 Å². The van der Waals surface area contributed by atoms with E-state index in [0.29, 0.717) is 18.7 Å². The number of carbonyl (C=O) groups excluding carboxylic acids is 2. The maximum absolute atomic E-state index is 11.1. The van der Waals surface area contributed by atoms with Crippen molar-refractivity contribution in [1.82, 2.24) is 4.90 Å². The number of nitrogens with zero attached hydrogens (tertiary/aromatic N) is 1. The summed E-state index contributed by atoms with van der Waals surface area (Å²) in [6.07, 6.45) is 25.1. The molecule has 0 radical (unpaired) electrons. The van der Waals surface area contributed by atoms with E-state index in [2.05, 4.69) is 31.2 Å². The molecule has 1 amide bonds. The molecule has 0 rings (SSSR count). The van der Waals surface area contributed by atoms with Gasteiger partial charge in [0.25, 0.3) is 0 Å². The maximum Gasteiger partial charge on any atom is 0.222 e. The predicted molar refractivity (Wildman–Crippen MR) is 168 cm³/mol. The fourth-order valence-electron chi connectivity index (χ4n) is 3.16. The van der Waals surface area contributed by atoms with Gasteiger partial charge in [-0.15, -0.1) is 0 Å². The average Bonchev–Trinajstić information content (AvgIpc) is 2.94. The third-order valence-electron chi connectivity index (χ3n) is 5.00. The Bertz CT molecular complexity index is 452. The van der Waals surface area contributed by atoms with Gasteiger partial charge in [0.15, 0.2) is 0 Å². The standard InChI is InChI=1S/C19H34O.C8H17NO2.3C2H6/c1-3-4-5-6-7-8-9-10-11-12-13-14-15-16-17-18-19(2)20;1-3-5-9(6-7-10)8(11)4-2;3*1-2/h7-8,10-11H,3-6,9,12-18H2,1-2H3;10H,3-7H2,1-2H3;3*1-2H3/b8-7-,11-10-;;;;. The summed E-state index contributed by atoms with van der Waals surface area (Å²) in [6, 6.07) is 0. The largest absolute Gasteiger partial charge is 0.395 e. The molecular formula is C33H69NO3. The Balaban J connectivity index is -0.000000169. The third kappa shape index (κ3) is 48.3. The van der Waals surface area contributed by atoms with Gasteiger partial charge in [-0.1, -0.05) is 119 Å². The quantitative estimate of drug-likeness (QED) is 0.134. The molecule has 0 spiro atoms. The normalized spacial score (nSPS) is 9.70. The van der Waals surface area contributed by atoms with Crippen LogP contribution in [0.4, 0.5) is 0 Å². The Kier molecular flexibility index (Phi) is 58.7. The van der Waals surface area contributed by atoms with Crippen molar-refractivity contribution in [2.45, 2.75) is 159 Å². The summed E-state index contributed by atoms with van der Waals surface area (Å²) >= 11 is 0. The second-order valence-electron chi connectivity index (χ2n) is 8.14. The molecule has 0 saturated carbocycles. The van der Waals surface area contributed by atoms with Gasteiger partial charge in [-0.3, -0.25) is 4.79 Å². The monoisotopic (exact) mass is 528 g/mol. The van der Waals surface area contributed by atoms with Crippen molar-refractivity contribution in [2.24, 2.45) is 0 Å². The Hall–Kier alpha value is -1.42. The molecule has 0 aromatic carbocycles. The number of aliphatic hydroxyl groups is 1. The van der Waals surface area contributed by atoms with Gasteiger partial charge < -0.3 is 14.8 Å². The SMILES string of the molecule is CC.CC.CC.CCCCC/C=C\C/C=C\CCCCCCCC(C)=O.CCCN(CCO)C(=O)CC. The van der Waals surface area contributed by atoms with Gasteiger partial charge >= 0.3 is 0 Å². The highest BCUT2D eigenvalue weighted by atomic mass is 16.3. The van der Waals surface area contributed by atoms with Crippen LogP contribution in [0.25, 0.3) is 0 Å². The molecule has 0 fully saturated rings. The first-order chi connectivity index (χ1) is 18.0. The molecule has 0 atom stereocenters. The zero-order valence-electron chi connectivity index (χ0n) is 27.0. The Morgan fingerprint density at radius 3 is 1.57 bits per heavy atom. The lowest BCUT2D eigenvalue weighted by Crippen LogP contribution is -2.33. The lowest BCUT2D eigenvalue weighted by Gasteiger charge is -2.19. The van der Waals surface area contributed by atoms with Crippen LogP contribution < -0.4 is 0 Å². The van der Waals surface area contributed by atoms with Crippen molar-refractivity contribution in [3.63, 3.8) is 0 Å². The summed E-state index contributed by atoms with van der Waals surface area (Å²) in [6.45, 7) is 21.1. The van der Waals surface area contributed by atoms with Crippen molar-refractivity contribution in [1.29, 1.82) is 0 Å². The minimum Gasteiger partial charge on any atom is -0.395 e. The number of aliphatic hydroxyl groups excluding tert-OH is 1. The topological polar surface area (TPSA) is 57.6 Å². The summed E-state index contributed by atoms with van der Waals surface area (Å²) in [5.74, 6) is 0.455. The molecule has 224 valence electrons. The van der Waals surface area contributed by atoms with Gasteiger partial charge in [-0.2, -0.15) is 0 Å². The van der Waals surface area contributed by atoms with Crippen LogP contribution in [0.5, 0.6) is 0 Å². The summed E-state index contributed by atoms with van der Waals surface area (Å²) in [4.78, 5) is 23.6. The molecule has 0 aromatic rings. The summed E-state index contributed by atoms with van der Waals surface area (Å²) in [5, 5.41) is 8.61. The number of hydrogen-bond acceptors (Lipinski definition) is 3. The van der Waals surface area contributed by atoms with Gasteiger partial charge in [0.1, 0.15) is 5.78 Å². The molecule has 0 saturated heterocycles. The van der Waals surface area contributed by atoms with Crippen LogP contribution in [0, 0.1) is 0 Å². The van der Waals surface area contributed by atoms with E-state index in [4.69, 9.17) is 5.11 Å². The second-order valence-corrected chi connectivity index (χ2v) is 8.14. The molecule has 0 bridgehead atoms. The van der Waals surface area contributed by atoms with Crippen molar-refractivity contribution >= 4 is 11.7 Å². The Morgan fingerprint density at radius 1 is 0.649 bits per heavy atom. The number of amides is 1. The van der Waals surface area contributed by atoms with Gasteiger partial charge in [0, 0.05) is 25.9 Å². The highest BCUT2D eigenvalue weighted by Crippen LogP contribution is 2.08. The van der Waals surface area contributed by atoms with Crippen LogP contribution in [0.2, 0.25) is 0 Å². The van der Waals surface area contributed by atoms with Crippen LogP contribution in [0.3, 0.4) is 0 Å². The smallest absolute Gasteiger partial charge is 0.222 e. The first kappa shape index (κ1) is 45.5. The number of carbonyl (C=O) groups is 2. The van der Waals surface area contributed by atoms with Crippen LogP contribution in [0.15, 0.2) is 24.3 Å². The Morgan fingerprint density at radius 2 is 1.14 bits per heavy atom. The minimum atomic E-state index is 0.0613. The van der Waals surface area contributed by atoms with Crippen LogP contribution in [-0.2, 0) is 9.59 Å². The first-order valence-electron chi connectivity index (χ1n) is 15.7. The molecule has 0 aliphatic rings. The number of rotatable bonds is 19. The van der Waals surface area contributed by atoms with E-state index in [1.54, 1.807) is 11.8 Å². The molecule has 4 nitrogen and oxygen atoms in total. The van der Waals surface area contributed by atoms with Gasteiger partial charge in [-0.25, -0.2) is 0 Å². The lowest BCUT2D eigenvalue weighted by atomic mass is 10.1. The van der Waals surface area contributed by atoms with Gasteiger partial charge in [-0.05, 0) is 51.9 Å². The van der Waals surface area contributed by atoms with E-state index in [-0.39, 0.29) is 12.5 Å². The lowest BCUT2D eigenvalue weighted by molar-refractivity contribution is -0.131. The molecule has 4 heteroatoms.